The van der Waals surface area contributed by atoms with Gasteiger partial charge in [-0.3, -0.25) is 19.3 Å². The maximum atomic E-state index is 12.9. The van der Waals surface area contributed by atoms with Gasteiger partial charge in [0.05, 0.1) is 17.9 Å². The molecule has 0 aliphatic carbocycles. The topological polar surface area (TPSA) is 175 Å². The highest BCUT2D eigenvalue weighted by atomic mass is 35.5. The number of halogens is 1. The number of thioether (sulfide) groups is 2. The van der Waals surface area contributed by atoms with Crippen LogP contribution in [0.5, 0.6) is 0 Å². The number of carbonyl (C=O) groups excluding carboxylic acids is 2. The summed E-state index contributed by atoms with van der Waals surface area (Å²) in [6.07, 6.45) is 1.60. The summed E-state index contributed by atoms with van der Waals surface area (Å²) in [5.74, 6) is -2.48. The number of hydrogen-bond acceptors (Lipinski definition) is 13. The van der Waals surface area contributed by atoms with E-state index in [9.17, 15) is 29.5 Å². The Bertz CT molecular complexity index is 1640. The van der Waals surface area contributed by atoms with Gasteiger partial charge in [-0.2, -0.15) is 0 Å². The molecule has 0 saturated carbocycles. The van der Waals surface area contributed by atoms with E-state index in [1.54, 1.807) is 17.6 Å². The van der Waals surface area contributed by atoms with Crippen molar-refractivity contribution < 1.29 is 24.7 Å². The van der Waals surface area contributed by atoms with Crippen molar-refractivity contribution in [3.63, 3.8) is 0 Å². The lowest BCUT2D eigenvalue weighted by Gasteiger charge is -2.49. The van der Waals surface area contributed by atoms with E-state index in [1.807, 2.05) is 0 Å². The average Bonchev–Trinajstić information content (AvgIpc) is 3.47. The van der Waals surface area contributed by atoms with Crippen molar-refractivity contribution in [2.45, 2.75) is 15.6 Å². The van der Waals surface area contributed by atoms with Gasteiger partial charge in [0.1, 0.15) is 22.8 Å². The van der Waals surface area contributed by atoms with Crippen LogP contribution in [0.2, 0.25) is 4.34 Å². The number of nitrogens with one attached hydrogen (secondary N) is 1. The van der Waals surface area contributed by atoms with Crippen molar-refractivity contribution in [2.24, 2.45) is 5.16 Å². The summed E-state index contributed by atoms with van der Waals surface area (Å²) in [7, 11) is 0. The number of nitrogen functional groups attached to an aromatic ring is 1. The number of hydrogen-bond donors (Lipinski definition) is 4. The summed E-state index contributed by atoms with van der Waals surface area (Å²) in [6, 6.07) is 2.12. The molecule has 5 heterocycles. The Labute approximate surface area is 238 Å². The Balaban J connectivity index is 1.31. The fraction of sp³-hybridized carbons (Fsp3) is 0.143. The summed E-state index contributed by atoms with van der Waals surface area (Å²) in [5, 5.41) is 27.8. The number of amides is 2. The fourth-order valence-electron chi connectivity index (χ4n) is 3.73. The molecule has 0 aromatic carbocycles. The van der Waals surface area contributed by atoms with E-state index < -0.39 is 34.9 Å². The standard InChI is InChI=1S/C21H14ClN5O6S5/c22-11-3-8-10(28)4-12(38-20(8)37-11)34-2-1-7-5-35-18-14(17(30)27(18)15(7)19(31)32)25-16(29)13(26-33)9-6-36-21(23)24-9/h1-4,6,14,18,33H,5H2,(H2,23,24)(H,25,29)(H,31,32)/t14?,18-/m0/s1. The largest absolute Gasteiger partial charge is 0.477 e. The average molecular weight is 628 g/mol. The summed E-state index contributed by atoms with van der Waals surface area (Å²) in [4.78, 5) is 55.0. The summed E-state index contributed by atoms with van der Waals surface area (Å²) < 4.78 is 2.03. The zero-order valence-electron chi connectivity index (χ0n) is 18.6. The Morgan fingerprint density at radius 2 is 2.11 bits per heavy atom. The van der Waals surface area contributed by atoms with Gasteiger partial charge >= 0.3 is 5.97 Å². The second kappa shape index (κ2) is 10.7. The SMILES string of the molecule is Nc1nc(C(=NO)C(=O)NC2C(=O)N3C(C(=O)O)=C(C=CSc4cc(=O)c5cc(Cl)sc5s4)CS[C@@H]23)cs1. The van der Waals surface area contributed by atoms with Crippen LogP contribution in [0, 0.1) is 0 Å². The lowest BCUT2D eigenvalue weighted by molar-refractivity contribution is -0.150. The molecule has 3 aromatic rings. The molecule has 11 nitrogen and oxygen atoms in total. The van der Waals surface area contributed by atoms with E-state index in [2.05, 4.69) is 15.5 Å². The molecule has 0 spiro atoms. The number of allylic oxidation sites excluding steroid dienone is 1. The third kappa shape index (κ3) is 4.94. The maximum absolute atomic E-state index is 12.9. The molecule has 1 unspecified atom stereocenters. The molecule has 1 fully saturated rings. The first-order valence-electron chi connectivity index (χ1n) is 10.4. The minimum Gasteiger partial charge on any atom is -0.477 e. The van der Waals surface area contributed by atoms with Gasteiger partial charge in [-0.05, 0) is 23.1 Å². The number of nitrogens with two attached hydrogens (primary N) is 1. The van der Waals surface area contributed by atoms with Crippen LogP contribution < -0.4 is 16.5 Å². The molecule has 5 rings (SSSR count). The molecule has 5 N–H and O–H groups in total. The number of carboxylic acid groups (broad SMARTS) is 1. The molecule has 0 radical (unpaired) electrons. The lowest BCUT2D eigenvalue weighted by atomic mass is 10.0. The molecule has 38 heavy (non-hydrogen) atoms. The van der Waals surface area contributed by atoms with Crippen LogP contribution in [-0.2, 0) is 14.4 Å². The third-order valence-corrected chi connectivity index (χ3v) is 10.8. The Kier molecular flexibility index (Phi) is 7.52. The molecule has 2 aliphatic heterocycles. The molecule has 2 aliphatic rings. The molecule has 196 valence electrons. The van der Waals surface area contributed by atoms with Crippen LogP contribution in [0.3, 0.4) is 0 Å². The predicted octanol–water partition coefficient (Wildman–Crippen LogP) is 3.24. The highest BCUT2D eigenvalue weighted by molar-refractivity contribution is 8.04. The molecule has 3 aromatic heterocycles. The van der Waals surface area contributed by atoms with Gasteiger partial charge in [-0.15, -0.1) is 45.8 Å². The van der Waals surface area contributed by atoms with Crippen LogP contribution in [0.1, 0.15) is 5.69 Å². The fourth-order valence-corrected chi connectivity index (χ4v) is 9.33. The van der Waals surface area contributed by atoms with Gasteiger partial charge in [0.15, 0.2) is 16.3 Å². The predicted molar refractivity (Wildman–Crippen MR) is 151 cm³/mol. The first-order valence-corrected chi connectivity index (χ1v) is 15.2. The molecular formula is C21H14ClN5O6S5. The second-order valence-corrected chi connectivity index (χ2v) is 13.9. The van der Waals surface area contributed by atoms with Gasteiger partial charge < -0.3 is 21.4 Å². The first kappa shape index (κ1) is 26.7. The molecular weight excluding hydrogens is 614 g/mol. The number of fused-ring (bicyclic) bond motifs is 2. The Morgan fingerprint density at radius 3 is 2.79 bits per heavy atom. The van der Waals surface area contributed by atoms with Crippen molar-refractivity contribution in [2.75, 3.05) is 11.5 Å². The van der Waals surface area contributed by atoms with Crippen LogP contribution in [-0.4, -0.2) is 60.9 Å². The molecule has 17 heteroatoms. The van der Waals surface area contributed by atoms with Crippen LogP contribution >= 0.6 is 69.1 Å². The number of β-lactam (4-membered cyclic amide) rings is 1. The molecule has 1 saturated heterocycles. The number of nitrogens with zero attached hydrogens (tertiary/aromatic N) is 3. The number of aliphatic carboxylic acids is 1. The van der Waals surface area contributed by atoms with E-state index in [-0.39, 0.29) is 27.7 Å². The highest BCUT2D eigenvalue weighted by Gasteiger charge is 2.54. The zero-order valence-corrected chi connectivity index (χ0v) is 23.5. The quantitative estimate of drug-likeness (QED) is 0.100. The maximum Gasteiger partial charge on any atom is 0.352 e. The van der Waals surface area contributed by atoms with Crippen LogP contribution in [0.25, 0.3) is 9.40 Å². The first-order chi connectivity index (χ1) is 18.2. The Hall–Kier alpha value is -2.89. The van der Waals surface area contributed by atoms with E-state index in [4.69, 9.17) is 17.3 Å². The minimum absolute atomic E-state index is 0.0508. The molecule has 2 atom stereocenters. The number of thiazole rings is 1. The number of oxime groups is 1. The number of thiophene rings is 1. The van der Waals surface area contributed by atoms with Crippen molar-refractivity contribution >= 4 is 107 Å². The van der Waals surface area contributed by atoms with E-state index in [0.29, 0.717) is 19.5 Å². The van der Waals surface area contributed by atoms with Crippen LogP contribution in [0.4, 0.5) is 5.13 Å². The van der Waals surface area contributed by atoms with Gasteiger partial charge in [-0.25, -0.2) is 9.78 Å². The summed E-state index contributed by atoms with van der Waals surface area (Å²) >= 11 is 12.3. The number of carboxylic acids is 1. The summed E-state index contributed by atoms with van der Waals surface area (Å²) in [6.45, 7) is 0. The third-order valence-electron chi connectivity index (χ3n) is 5.40. The van der Waals surface area contributed by atoms with Gasteiger partial charge in [0.25, 0.3) is 11.8 Å². The summed E-state index contributed by atoms with van der Waals surface area (Å²) in [5.41, 5.74) is 5.28. The van der Waals surface area contributed by atoms with Gasteiger partial charge in [-0.1, -0.05) is 28.5 Å². The van der Waals surface area contributed by atoms with Crippen molar-refractivity contribution in [1.82, 2.24) is 15.2 Å². The number of aromatic nitrogens is 1. The van der Waals surface area contributed by atoms with E-state index in [1.165, 1.54) is 57.6 Å². The Morgan fingerprint density at radius 1 is 1.32 bits per heavy atom. The van der Waals surface area contributed by atoms with Crippen molar-refractivity contribution in [1.29, 1.82) is 0 Å². The smallest absolute Gasteiger partial charge is 0.352 e. The normalized spacial score (nSPS) is 19.7. The van der Waals surface area contributed by atoms with Gasteiger partial charge in [0, 0.05) is 17.2 Å². The minimum atomic E-state index is -1.28. The number of rotatable bonds is 7. The second-order valence-electron chi connectivity index (χ2n) is 7.66. The number of carbonyl (C=O) groups is 3. The monoisotopic (exact) mass is 627 g/mol. The van der Waals surface area contributed by atoms with Gasteiger partial charge in [0.2, 0.25) is 0 Å². The molecule has 0 bridgehead atoms. The van der Waals surface area contributed by atoms with Crippen molar-refractivity contribution in [3.8, 4) is 0 Å². The van der Waals surface area contributed by atoms with Crippen LogP contribution in [0.15, 0.2) is 54.4 Å². The van der Waals surface area contributed by atoms with Crippen molar-refractivity contribution in [3.05, 3.63) is 60.5 Å². The van der Waals surface area contributed by atoms with E-state index in [0.717, 1.165) is 20.3 Å². The lowest BCUT2D eigenvalue weighted by Crippen LogP contribution is -2.71. The zero-order chi connectivity index (χ0) is 27.1. The highest BCUT2D eigenvalue weighted by Crippen LogP contribution is 2.41. The molecule has 2 amide bonds. The number of anilines is 1. The van der Waals surface area contributed by atoms with E-state index >= 15 is 0 Å².